The van der Waals surface area contributed by atoms with Crippen molar-refractivity contribution in [3.63, 3.8) is 0 Å². The number of carbonyl (C=O) groups is 2. The zero-order chi connectivity index (χ0) is 19.4. The number of hydrogen-bond acceptors (Lipinski definition) is 5. The van der Waals surface area contributed by atoms with Gasteiger partial charge in [-0.15, -0.1) is 0 Å². The van der Waals surface area contributed by atoms with Gasteiger partial charge < -0.3 is 14.5 Å². The lowest BCUT2D eigenvalue weighted by atomic mass is 10.1. The normalized spacial score (nSPS) is 16.5. The van der Waals surface area contributed by atoms with E-state index >= 15 is 0 Å². The Morgan fingerprint density at radius 1 is 1.26 bits per heavy atom. The molecule has 0 unspecified atom stereocenters. The standard InChI is InChI=1S/C20H24N4O3/c1-4-24-13-14(11-17(24)25)12-23(2)20(26)16-7-5-15(6-8-16)18-19(27-3)22-10-9-21-18/h5-10,14H,4,11-13H2,1-3H3/t14-/m1/s1. The van der Waals surface area contributed by atoms with Gasteiger partial charge in [-0.1, -0.05) is 12.1 Å². The van der Waals surface area contributed by atoms with Crippen molar-refractivity contribution in [3.05, 3.63) is 42.2 Å². The molecule has 1 atom stereocenters. The first-order valence-electron chi connectivity index (χ1n) is 9.02. The van der Waals surface area contributed by atoms with Gasteiger partial charge in [0.1, 0.15) is 5.69 Å². The maximum Gasteiger partial charge on any atom is 0.253 e. The van der Waals surface area contributed by atoms with Crippen LogP contribution in [0.1, 0.15) is 23.7 Å². The van der Waals surface area contributed by atoms with Gasteiger partial charge in [0, 0.05) is 62.5 Å². The fraction of sp³-hybridized carbons (Fsp3) is 0.400. The van der Waals surface area contributed by atoms with Crippen LogP contribution in [-0.2, 0) is 4.79 Å². The van der Waals surface area contributed by atoms with E-state index in [2.05, 4.69) is 9.97 Å². The lowest BCUT2D eigenvalue weighted by Gasteiger charge is -2.21. The third-order valence-corrected chi connectivity index (χ3v) is 4.82. The molecule has 1 aliphatic heterocycles. The highest BCUT2D eigenvalue weighted by Crippen LogP contribution is 2.25. The minimum absolute atomic E-state index is 0.0601. The van der Waals surface area contributed by atoms with E-state index in [1.807, 2.05) is 24.0 Å². The van der Waals surface area contributed by atoms with Crippen molar-refractivity contribution in [2.75, 3.05) is 33.8 Å². The van der Waals surface area contributed by atoms with Crippen molar-refractivity contribution >= 4 is 11.8 Å². The molecule has 27 heavy (non-hydrogen) atoms. The zero-order valence-corrected chi connectivity index (χ0v) is 15.9. The Hall–Kier alpha value is -2.96. The van der Waals surface area contributed by atoms with Gasteiger partial charge in [0.25, 0.3) is 5.91 Å². The maximum atomic E-state index is 12.7. The minimum atomic E-state index is -0.0601. The quantitative estimate of drug-likeness (QED) is 0.780. The minimum Gasteiger partial charge on any atom is -0.479 e. The van der Waals surface area contributed by atoms with Crippen LogP contribution in [0.2, 0.25) is 0 Å². The summed E-state index contributed by atoms with van der Waals surface area (Å²) in [6.45, 7) is 3.99. The third-order valence-electron chi connectivity index (χ3n) is 4.82. The molecular weight excluding hydrogens is 344 g/mol. The zero-order valence-electron chi connectivity index (χ0n) is 15.9. The van der Waals surface area contributed by atoms with Crippen LogP contribution in [0.4, 0.5) is 0 Å². The highest BCUT2D eigenvalue weighted by molar-refractivity contribution is 5.94. The molecule has 7 heteroatoms. The molecule has 0 bridgehead atoms. The van der Waals surface area contributed by atoms with E-state index in [0.717, 1.165) is 18.7 Å². The number of carbonyl (C=O) groups excluding carboxylic acids is 2. The van der Waals surface area contributed by atoms with Crippen LogP contribution < -0.4 is 4.74 Å². The van der Waals surface area contributed by atoms with Crippen molar-refractivity contribution in [1.82, 2.24) is 19.8 Å². The van der Waals surface area contributed by atoms with E-state index in [4.69, 9.17) is 4.74 Å². The van der Waals surface area contributed by atoms with Crippen LogP contribution in [0.5, 0.6) is 5.88 Å². The third kappa shape index (κ3) is 4.07. The molecule has 142 valence electrons. The molecule has 2 aromatic rings. The van der Waals surface area contributed by atoms with Gasteiger partial charge in [0.05, 0.1) is 7.11 Å². The number of likely N-dealkylation sites (tertiary alicyclic amines) is 1. The molecule has 2 heterocycles. The highest BCUT2D eigenvalue weighted by atomic mass is 16.5. The van der Waals surface area contributed by atoms with Crippen molar-refractivity contribution in [3.8, 4) is 17.1 Å². The topological polar surface area (TPSA) is 75.6 Å². The summed E-state index contributed by atoms with van der Waals surface area (Å²) in [7, 11) is 3.33. The second kappa shape index (κ2) is 8.16. The van der Waals surface area contributed by atoms with E-state index in [9.17, 15) is 9.59 Å². The molecule has 2 amide bonds. The number of benzene rings is 1. The molecule has 0 N–H and O–H groups in total. The average Bonchev–Trinajstić information content (AvgIpc) is 3.06. The van der Waals surface area contributed by atoms with Gasteiger partial charge in [0.2, 0.25) is 11.8 Å². The Bertz CT molecular complexity index is 822. The van der Waals surface area contributed by atoms with Crippen LogP contribution in [0.15, 0.2) is 36.7 Å². The molecule has 1 aromatic carbocycles. The summed E-state index contributed by atoms with van der Waals surface area (Å²) in [6, 6.07) is 7.23. The molecule has 1 aliphatic rings. The lowest BCUT2D eigenvalue weighted by molar-refractivity contribution is -0.127. The first-order valence-corrected chi connectivity index (χ1v) is 9.02. The van der Waals surface area contributed by atoms with E-state index in [1.54, 1.807) is 43.6 Å². The average molecular weight is 368 g/mol. The largest absolute Gasteiger partial charge is 0.479 e. The number of rotatable bonds is 6. The molecule has 7 nitrogen and oxygen atoms in total. The van der Waals surface area contributed by atoms with Gasteiger partial charge in [-0.2, -0.15) is 0 Å². The molecule has 0 radical (unpaired) electrons. The predicted molar refractivity (Wildman–Crippen MR) is 101 cm³/mol. The van der Waals surface area contributed by atoms with Crippen molar-refractivity contribution < 1.29 is 14.3 Å². The number of ether oxygens (including phenoxy) is 1. The van der Waals surface area contributed by atoms with Gasteiger partial charge in [0.15, 0.2) is 0 Å². The van der Waals surface area contributed by atoms with Gasteiger partial charge in [-0.05, 0) is 19.1 Å². The van der Waals surface area contributed by atoms with E-state index < -0.39 is 0 Å². The SMILES string of the molecule is CCN1C[C@@H](CN(C)C(=O)c2ccc(-c3nccnc3OC)cc2)CC1=O. The smallest absolute Gasteiger partial charge is 0.253 e. The van der Waals surface area contributed by atoms with Gasteiger partial charge >= 0.3 is 0 Å². The number of hydrogen-bond donors (Lipinski definition) is 0. The van der Waals surface area contributed by atoms with Crippen LogP contribution in [0.3, 0.4) is 0 Å². The number of aromatic nitrogens is 2. The Labute approximate surface area is 159 Å². The van der Waals surface area contributed by atoms with Gasteiger partial charge in [-0.25, -0.2) is 9.97 Å². The maximum absolute atomic E-state index is 12.7. The monoisotopic (exact) mass is 368 g/mol. The number of amides is 2. The second-order valence-electron chi connectivity index (χ2n) is 6.68. The Kier molecular flexibility index (Phi) is 5.69. The van der Waals surface area contributed by atoms with Crippen molar-refractivity contribution in [1.29, 1.82) is 0 Å². The second-order valence-corrected chi connectivity index (χ2v) is 6.68. The van der Waals surface area contributed by atoms with Crippen molar-refractivity contribution in [2.45, 2.75) is 13.3 Å². The van der Waals surface area contributed by atoms with Crippen LogP contribution >= 0.6 is 0 Å². The van der Waals surface area contributed by atoms with Crippen LogP contribution in [-0.4, -0.2) is 65.4 Å². The summed E-state index contributed by atoms with van der Waals surface area (Å²) in [5, 5.41) is 0. The molecule has 3 rings (SSSR count). The summed E-state index contributed by atoms with van der Waals surface area (Å²) in [5.74, 6) is 0.746. The Balaban J connectivity index is 1.68. The number of methoxy groups -OCH3 is 1. The molecule has 0 aliphatic carbocycles. The predicted octanol–water partition coefficient (Wildman–Crippen LogP) is 2.09. The molecule has 0 spiro atoms. The molecule has 1 fully saturated rings. The molecule has 1 saturated heterocycles. The highest BCUT2D eigenvalue weighted by Gasteiger charge is 2.30. The fourth-order valence-electron chi connectivity index (χ4n) is 3.42. The number of nitrogens with zero attached hydrogens (tertiary/aromatic N) is 4. The van der Waals surface area contributed by atoms with E-state index in [-0.39, 0.29) is 17.7 Å². The lowest BCUT2D eigenvalue weighted by Crippen LogP contribution is -2.33. The molecule has 0 saturated carbocycles. The fourth-order valence-corrected chi connectivity index (χ4v) is 3.42. The summed E-state index contributed by atoms with van der Waals surface area (Å²) < 4.78 is 5.24. The van der Waals surface area contributed by atoms with Gasteiger partial charge in [-0.3, -0.25) is 9.59 Å². The summed E-state index contributed by atoms with van der Waals surface area (Å²) >= 11 is 0. The first kappa shape index (κ1) is 18.8. The van der Waals surface area contributed by atoms with E-state index in [1.165, 1.54) is 0 Å². The Morgan fingerprint density at radius 3 is 2.59 bits per heavy atom. The van der Waals surface area contributed by atoms with Crippen molar-refractivity contribution in [2.24, 2.45) is 5.92 Å². The Morgan fingerprint density at radius 2 is 1.96 bits per heavy atom. The van der Waals surface area contributed by atoms with E-state index in [0.29, 0.717) is 30.1 Å². The first-order chi connectivity index (χ1) is 13.0. The molecule has 1 aromatic heterocycles. The molecular formula is C20H24N4O3. The van der Waals surface area contributed by atoms with Crippen LogP contribution in [0, 0.1) is 5.92 Å². The van der Waals surface area contributed by atoms with Crippen LogP contribution in [0.25, 0.3) is 11.3 Å². The summed E-state index contributed by atoms with van der Waals surface area (Å²) in [4.78, 5) is 36.5. The summed E-state index contributed by atoms with van der Waals surface area (Å²) in [5.41, 5.74) is 2.07. The summed E-state index contributed by atoms with van der Waals surface area (Å²) in [6.07, 6.45) is 3.69.